The molecule has 4 nitrogen and oxygen atoms in total. The van der Waals surface area contributed by atoms with E-state index in [2.05, 4.69) is 4.74 Å². The molecule has 1 N–H and O–H groups in total. The summed E-state index contributed by atoms with van der Waals surface area (Å²) in [5, 5.41) is 17.7. The third kappa shape index (κ3) is 3.88. The molecule has 0 aliphatic rings. The van der Waals surface area contributed by atoms with Gasteiger partial charge in [0.15, 0.2) is 0 Å². The number of alkyl halides is 3. The molecule has 0 unspecified atom stereocenters. The molecule has 0 saturated heterocycles. The van der Waals surface area contributed by atoms with Crippen LogP contribution in [0, 0.1) is 11.3 Å². The number of ether oxygens (including phenoxy) is 1. The molecule has 19 heavy (non-hydrogen) atoms. The fourth-order valence-electron chi connectivity index (χ4n) is 1.69. The predicted octanol–water partition coefficient (Wildman–Crippen LogP) is 2.65. The van der Waals surface area contributed by atoms with Gasteiger partial charge in [-0.2, -0.15) is 5.26 Å². The first-order valence-corrected chi connectivity index (χ1v) is 5.30. The Morgan fingerprint density at radius 1 is 1.47 bits per heavy atom. The van der Waals surface area contributed by atoms with Gasteiger partial charge in [0.05, 0.1) is 12.0 Å². The van der Waals surface area contributed by atoms with Crippen molar-refractivity contribution in [3.05, 3.63) is 28.8 Å². The lowest BCUT2D eigenvalue weighted by Gasteiger charge is -2.14. The molecule has 0 aromatic heterocycles. The molecule has 0 aliphatic heterocycles. The van der Waals surface area contributed by atoms with Crippen LogP contribution in [0.2, 0.25) is 0 Å². The Kier molecular flexibility index (Phi) is 4.38. The Hall–Kier alpha value is -2.23. The van der Waals surface area contributed by atoms with E-state index in [0.29, 0.717) is 12.0 Å². The highest BCUT2D eigenvalue weighted by molar-refractivity contribution is 5.73. The second-order valence-corrected chi connectivity index (χ2v) is 3.66. The summed E-state index contributed by atoms with van der Waals surface area (Å²) in [4.78, 5) is 10.7. The fraction of sp³-hybridized carbons (Fsp3) is 0.333. The van der Waals surface area contributed by atoms with Crippen molar-refractivity contribution in [1.82, 2.24) is 0 Å². The van der Waals surface area contributed by atoms with Crippen LogP contribution in [0.15, 0.2) is 12.1 Å². The molecule has 0 bridgehead atoms. The van der Waals surface area contributed by atoms with Crippen LogP contribution < -0.4 is 4.74 Å². The van der Waals surface area contributed by atoms with Gasteiger partial charge in [0.2, 0.25) is 0 Å². The molecule has 0 spiro atoms. The molecule has 1 aromatic rings. The smallest absolute Gasteiger partial charge is 0.481 e. The van der Waals surface area contributed by atoms with Crippen molar-refractivity contribution in [1.29, 1.82) is 5.26 Å². The van der Waals surface area contributed by atoms with E-state index in [1.165, 1.54) is 6.07 Å². The van der Waals surface area contributed by atoms with E-state index in [1.54, 1.807) is 13.0 Å². The molecular formula is C12H10F3NO3. The Labute approximate surface area is 107 Å². The summed E-state index contributed by atoms with van der Waals surface area (Å²) in [6.45, 7) is 1.71. The summed E-state index contributed by atoms with van der Waals surface area (Å²) in [5.41, 5.74) is 0.173. The summed E-state index contributed by atoms with van der Waals surface area (Å²) < 4.78 is 40.3. The second kappa shape index (κ2) is 5.61. The van der Waals surface area contributed by atoms with Crippen LogP contribution in [0.3, 0.4) is 0 Å². The summed E-state index contributed by atoms with van der Waals surface area (Å²) in [6, 6.07) is 3.94. The second-order valence-electron chi connectivity index (χ2n) is 3.66. The fourth-order valence-corrected chi connectivity index (χ4v) is 1.69. The number of nitriles is 1. The van der Waals surface area contributed by atoms with E-state index >= 15 is 0 Å². The van der Waals surface area contributed by atoms with Crippen LogP contribution in [-0.4, -0.2) is 17.4 Å². The summed E-state index contributed by atoms with van der Waals surface area (Å²) in [5.74, 6) is -1.90. The molecule has 7 heteroatoms. The molecule has 0 radical (unpaired) electrons. The molecule has 102 valence electrons. The number of nitrogens with zero attached hydrogens (tertiary/aromatic N) is 1. The lowest BCUT2D eigenvalue weighted by atomic mass is 9.96. The average Bonchev–Trinajstić information content (AvgIpc) is 2.27. The standard InChI is InChI=1S/C12H10F3NO3/c1-2-7-3-4-10(19-12(13,14)15)9(6-16)8(7)5-11(17)18/h3-4H,2,5H2,1H3,(H,17,18). The Morgan fingerprint density at radius 2 is 2.11 bits per heavy atom. The number of hydrogen-bond acceptors (Lipinski definition) is 3. The van der Waals surface area contributed by atoms with Crippen LogP contribution in [0.1, 0.15) is 23.6 Å². The van der Waals surface area contributed by atoms with Gasteiger partial charge in [-0.05, 0) is 23.6 Å². The molecule has 0 amide bonds. The van der Waals surface area contributed by atoms with E-state index in [0.717, 1.165) is 6.07 Å². The third-order valence-electron chi connectivity index (χ3n) is 2.42. The zero-order valence-electron chi connectivity index (χ0n) is 9.91. The number of carboxylic acids is 1. The number of aryl methyl sites for hydroxylation is 1. The highest BCUT2D eigenvalue weighted by Crippen LogP contribution is 2.30. The topological polar surface area (TPSA) is 70.3 Å². The van der Waals surface area contributed by atoms with Gasteiger partial charge in [0.1, 0.15) is 11.8 Å². The van der Waals surface area contributed by atoms with Crippen LogP contribution in [0.25, 0.3) is 0 Å². The number of rotatable bonds is 4. The van der Waals surface area contributed by atoms with Gasteiger partial charge in [-0.25, -0.2) is 0 Å². The SMILES string of the molecule is CCc1ccc(OC(F)(F)F)c(C#N)c1CC(=O)O. The highest BCUT2D eigenvalue weighted by atomic mass is 19.4. The Balaban J connectivity index is 3.36. The number of halogens is 3. The van der Waals surface area contributed by atoms with Crippen molar-refractivity contribution in [2.45, 2.75) is 26.1 Å². The quantitative estimate of drug-likeness (QED) is 0.915. The first kappa shape index (κ1) is 14.8. The van der Waals surface area contributed by atoms with Crippen molar-refractivity contribution in [2.24, 2.45) is 0 Å². The molecule has 1 aromatic carbocycles. The van der Waals surface area contributed by atoms with E-state index in [4.69, 9.17) is 10.4 Å². The molecule has 0 saturated carbocycles. The number of aliphatic carboxylic acids is 1. The molecule has 0 aliphatic carbocycles. The van der Waals surface area contributed by atoms with Crippen molar-refractivity contribution < 1.29 is 27.8 Å². The van der Waals surface area contributed by atoms with Gasteiger partial charge in [-0.3, -0.25) is 4.79 Å². The van der Waals surface area contributed by atoms with Gasteiger partial charge >= 0.3 is 12.3 Å². The first-order chi connectivity index (χ1) is 8.78. The normalized spacial score (nSPS) is 10.9. The number of carbonyl (C=O) groups is 1. The lowest BCUT2D eigenvalue weighted by molar-refractivity contribution is -0.274. The van der Waals surface area contributed by atoms with Crippen molar-refractivity contribution in [2.75, 3.05) is 0 Å². The lowest BCUT2D eigenvalue weighted by Crippen LogP contribution is -2.19. The van der Waals surface area contributed by atoms with E-state index in [-0.39, 0.29) is 11.1 Å². The molecule has 0 fully saturated rings. The Morgan fingerprint density at radius 3 is 2.53 bits per heavy atom. The van der Waals surface area contributed by atoms with Crippen LogP contribution >= 0.6 is 0 Å². The molecule has 0 atom stereocenters. The minimum atomic E-state index is -4.93. The summed E-state index contributed by atoms with van der Waals surface area (Å²) in [7, 11) is 0. The van der Waals surface area contributed by atoms with Gasteiger partial charge in [0.25, 0.3) is 0 Å². The minimum Gasteiger partial charge on any atom is -0.481 e. The maximum atomic E-state index is 12.2. The first-order valence-electron chi connectivity index (χ1n) is 5.30. The van der Waals surface area contributed by atoms with Crippen molar-refractivity contribution in [3.63, 3.8) is 0 Å². The zero-order valence-corrected chi connectivity index (χ0v) is 9.91. The van der Waals surface area contributed by atoms with Crippen LogP contribution in [0.5, 0.6) is 5.75 Å². The summed E-state index contributed by atoms with van der Waals surface area (Å²) in [6.07, 6.45) is -5.05. The van der Waals surface area contributed by atoms with Gasteiger partial charge in [0, 0.05) is 0 Å². The van der Waals surface area contributed by atoms with Crippen LogP contribution in [-0.2, 0) is 17.6 Å². The van der Waals surface area contributed by atoms with E-state index in [9.17, 15) is 18.0 Å². The monoisotopic (exact) mass is 273 g/mol. The van der Waals surface area contributed by atoms with Gasteiger partial charge in [-0.15, -0.1) is 13.2 Å². The van der Waals surface area contributed by atoms with Crippen molar-refractivity contribution in [3.8, 4) is 11.8 Å². The van der Waals surface area contributed by atoms with Gasteiger partial charge in [-0.1, -0.05) is 13.0 Å². The van der Waals surface area contributed by atoms with E-state index in [1.807, 2.05) is 0 Å². The van der Waals surface area contributed by atoms with Gasteiger partial charge < -0.3 is 9.84 Å². The van der Waals surface area contributed by atoms with Crippen LogP contribution in [0.4, 0.5) is 13.2 Å². The summed E-state index contributed by atoms with van der Waals surface area (Å²) >= 11 is 0. The highest BCUT2D eigenvalue weighted by Gasteiger charge is 2.33. The minimum absolute atomic E-state index is 0.0549. The van der Waals surface area contributed by atoms with E-state index < -0.39 is 24.5 Å². The number of benzene rings is 1. The third-order valence-corrected chi connectivity index (χ3v) is 2.42. The maximum Gasteiger partial charge on any atom is 0.573 e. The predicted molar refractivity (Wildman–Crippen MR) is 58.6 cm³/mol. The largest absolute Gasteiger partial charge is 0.573 e. The number of hydrogen-bond donors (Lipinski definition) is 1. The molecule has 1 rings (SSSR count). The molecular weight excluding hydrogens is 263 g/mol. The maximum absolute atomic E-state index is 12.2. The average molecular weight is 273 g/mol. The molecule has 0 heterocycles. The van der Waals surface area contributed by atoms with Crippen molar-refractivity contribution >= 4 is 5.97 Å². The zero-order chi connectivity index (χ0) is 14.6. The number of carboxylic acid groups (broad SMARTS) is 1. The Bertz CT molecular complexity index is 532.